The molecule has 0 radical (unpaired) electrons. The van der Waals surface area contributed by atoms with Gasteiger partial charge in [0.2, 0.25) is 0 Å². The van der Waals surface area contributed by atoms with Crippen LogP contribution < -0.4 is 0 Å². The average molecular weight is 273 g/mol. The fraction of sp³-hybridized carbons (Fsp3) is 0.211. The predicted molar refractivity (Wildman–Crippen MR) is 80.7 cm³/mol. The van der Waals surface area contributed by atoms with Gasteiger partial charge >= 0.3 is 0 Å². The van der Waals surface area contributed by atoms with Gasteiger partial charge in [-0.05, 0) is 34.9 Å². The summed E-state index contributed by atoms with van der Waals surface area (Å²) in [5.74, 6) is 1.82. The third-order valence-corrected chi connectivity index (χ3v) is 5.19. The van der Waals surface area contributed by atoms with E-state index < -0.39 is 0 Å². The number of carbonyl (C=O) groups is 1. The summed E-state index contributed by atoms with van der Waals surface area (Å²) in [4.78, 5) is 14.5. The number of hydrogen-bond donors (Lipinski definition) is 0. The molecule has 2 heterocycles. The molecule has 5 rings (SSSR count). The minimum atomic E-state index is 0.156. The van der Waals surface area contributed by atoms with Crippen LogP contribution >= 0.6 is 0 Å². The third-order valence-electron chi connectivity index (χ3n) is 5.19. The molecule has 1 saturated carbocycles. The Bertz CT molecular complexity index is 764. The summed E-state index contributed by atoms with van der Waals surface area (Å²) in [6.45, 7) is 0. The maximum atomic E-state index is 12.5. The first-order valence-electron chi connectivity index (χ1n) is 7.51. The van der Waals surface area contributed by atoms with Crippen molar-refractivity contribution < 1.29 is 4.79 Å². The van der Waals surface area contributed by atoms with Crippen LogP contribution in [0.1, 0.15) is 33.4 Å². The number of carbonyl (C=O) groups excluding carboxylic acids is 1. The molecule has 1 amide bonds. The first kappa shape index (κ1) is 11.3. The zero-order chi connectivity index (χ0) is 14.0. The van der Waals surface area contributed by atoms with Gasteiger partial charge in [0.15, 0.2) is 0 Å². The van der Waals surface area contributed by atoms with E-state index in [4.69, 9.17) is 0 Å². The van der Waals surface area contributed by atoms with E-state index >= 15 is 0 Å². The summed E-state index contributed by atoms with van der Waals surface area (Å²) in [5.41, 5.74) is 3.49. The molecule has 1 fully saturated rings. The molecule has 0 unspecified atom stereocenters. The van der Waals surface area contributed by atoms with Crippen LogP contribution in [-0.2, 0) is 0 Å². The normalized spacial score (nSPS) is 31.6. The summed E-state index contributed by atoms with van der Waals surface area (Å²) >= 11 is 0. The average Bonchev–Trinajstić information content (AvgIpc) is 3.21. The summed E-state index contributed by atoms with van der Waals surface area (Å²) in [5, 5.41) is 0. The Kier molecular flexibility index (Phi) is 2.08. The van der Waals surface area contributed by atoms with Gasteiger partial charge in [0, 0.05) is 11.8 Å². The number of benzene rings is 2. The number of rotatable bonds is 1. The van der Waals surface area contributed by atoms with Crippen molar-refractivity contribution in [2.45, 2.75) is 12.0 Å². The minimum absolute atomic E-state index is 0.156. The molecule has 1 aliphatic carbocycles. The quantitative estimate of drug-likeness (QED) is 0.775. The lowest BCUT2D eigenvalue weighted by atomic mass is 9.97. The largest absolute Gasteiger partial charge is 0.307 e. The number of hydrogen-bond acceptors (Lipinski definition) is 1. The highest BCUT2D eigenvalue weighted by atomic mass is 16.2. The molecule has 3 aliphatic rings. The smallest absolute Gasteiger partial charge is 0.258 e. The molecule has 0 aromatic heterocycles. The van der Waals surface area contributed by atoms with Crippen LogP contribution in [0.2, 0.25) is 0 Å². The molecule has 0 saturated heterocycles. The zero-order valence-electron chi connectivity index (χ0n) is 11.5. The Morgan fingerprint density at radius 2 is 1.67 bits per heavy atom. The highest BCUT2D eigenvalue weighted by Gasteiger charge is 2.59. The summed E-state index contributed by atoms with van der Waals surface area (Å²) in [7, 11) is 0. The molecule has 0 N–H and O–H groups in total. The minimum Gasteiger partial charge on any atom is -0.307 e. The molecule has 2 aliphatic heterocycles. The first-order chi connectivity index (χ1) is 10.4. The van der Waals surface area contributed by atoms with Crippen LogP contribution in [-0.4, -0.2) is 10.8 Å². The van der Waals surface area contributed by atoms with Gasteiger partial charge in [-0.1, -0.05) is 54.6 Å². The van der Waals surface area contributed by atoms with Crippen LogP contribution in [0.3, 0.4) is 0 Å². The van der Waals surface area contributed by atoms with Gasteiger partial charge < -0.3 is 4.90 Å². The molecule has 2 heteroatoms. The monoisotopic (exact) mass is 273 g/mol. The highest BCUT2D eigenvalue weighted by Crippen LogP contribution is 2.65. The van der Waals surface area contributed by atoms with E-state index in [1.54, 1.807) is 0 Å². The van der Waals surface area contributed by atoms with E-state index in [0.717, 1.165) is 5.56 Å². The van der Waals surface area contributed by atoms with Crippen molar-refractivity contribution in [3.8, 4) is 0 Å². The Hall–Kier alpha value is -2.35. The van der Waals surface area contributed by atoms with Crippen molar-refractivity contribution in [1.82, 2.24) is 4.90 Å². The van der Waals surface area contributed by atoms with Gasteiger partial charge in [0.05, 0.1) is 6.04 Å². The maximum Gasteiger partial charge on any atom is 0.258 e. The number of amides is 1. The third kappa shape index (κ3) is 1.40. The van der Waals surface area contributed by atoms with Crippen molar-refractivity contribution in [2.75, 3.05) is 0 Å². The van der Waals surface area contributed by atoms with Crippen molar-refractivity contribution in [3.63, 3.8) is 0 Å². The van der Waals surface area contributed by atoms with Crippen LogP contribution in [0, 0.1) is 11.8 Å². The fourth-order valence-corrected chi connectivity index (χ4v) is 4.24. The molecule has 0 spiro atoms. The predicted octanol–water partition coefficient (Wildman–Crippen LogP) is 3.74. The Labute approximate surface area is 123 Å². The number of allylic oxidation sites excluding steroid dienone is 1. The SMILES string of the molecule is O=C1c2ccccc2[C@H]2[C@@H]3[C@H](C=CN12)[C@H]3c1ccccc1. The Morgan fingerprint density at radius 3 is 2.52 bits per heavy atom. The van der Waals surface area contributed by atoms with Crippen molar-refractivity contribution in [3.05, 3.63) is 83.6 Å². The van der Waals surface area contributed by atoms with Gasteiger partial charge in [0.1, 0.15) is 0 Å². The van der Waals surface area contributed by atoms with Gasteiger partial charge in [-0.15, -0.1) is 0 Å². The standard InChI is InChI=1S/C19H15NO/c21-19-14-9-5-4-8-13(14)18-17-15(10-11-20(18)19)16(17)12-6-2-1-3-7-12/h1-11,15-18H/t15-,16-,17-,18+/m1/s1. The molecule has 2 aromatic rings. The van der Waals surface area contributed by atoms with E-state index in [2.05, 4.69) is 42.5 Å². The first-order valence-corrected chi connectivity index (χ1v) is 7.51. The Balaban J connectivity index is 1.60. The Morgan fingerprint density at radius 1 is 0.905 bits per heavy atom. The van der Waals surface area contributed by atoms with Gasteiger partial charge in [0.25, 0.3) is 5.91 Å². The summed E-state index contributed by atoms with van der Waals surface area (Å²) < 4.78 is 0. The van der Waals surface area contributed by atoms with Crippen LogP contribution in [0.15, 0.2) is 66.9 Å². The maximum absolute atomic E-state index is 12.5. The van der Waals surface area contributed by atoms with Crippen LogP contribution in [0.4, 0.5) is 0 Å². The van der Waals surface area contributed by atoms with Crippen molar-refractivity contribution in [2.24, 2.45) is 11.8 Å². The second kappa shape index (κ2) is 3.85. The molecule has 2 nitrogen and oxygen atoms in total. The topological polar surface area (TPSA) is 20.3 Å². The second-order valence-corrected chi connectivity index (χ2v) is 6.18. The summed E-state index contributed by atoms with van der Waals surface area (Å²) in [6.07, 6.45) is 4.24. The van der Waals surface area contributed by atoms with E-state index in [9.17, 15) is 4.79 Å². The van der Waals surface area contributed by atoms with Gasteiger partial charge in [-0.25, -0.2) is 0 Å². The molecule has 102 valence electrons. The molecular weight excluding hydrogens is 258 g/mol. The lowest BCUT2D eigenvalue weighted by Gasteiger charge is -2.24. The van der Waals surface area contributed by atoms with E-state index in [1.165, 1.54) is 11.1 Å². The highest BCUT2D eigenvalue weighted by molar-refractivity contribution is 6.00. The lowest BCUT2D eigenvalue weighted by molar-refractivity contribution is 0.0784. The summed E-state index contributed by atoms with van der Waals surface area (Å²) in [6, 6.07) is 19.0. The van der Waals surface area contributed by atoms with Crippen LogP contribution in [0.5, 0.6) is 0 Å². The van der Waals surface area contributed by atoms with E-state index in [0.29, 0.717) is 17.8 Å². The molecular formula is C19H15NO. The zero-order valence-corrected chi connectivity index (χ0v) is 11.5. The van der Waals surface area contributed by atoms with Crippen LogP contribution in [0.25, 0.3) is 0 Å². The lowest BCUT2D eigenvalue weighted by Crippen LogP contribution is -2.26. The van der Waals surface area contributed by atoms with Gasteiger partial charge in [-0.3, -0.25) is 4.79 Å². The van der Waals surface area contributed by atoms with E-state index in [1.807, 2.05) is 29.3 Å². The van der Waals surface area contributed by atoms with E-state index in [-0.39, 0.29) is 11.9 Å². The molecule has 21 heavy (non-hydrogen) atoms. The molecule has 4 atom stereocenters. The van der Waals surface area contributed by atoms with Crippen molar-refractivity contribution in [1.29, 1.82) is 0 Å². The second-order valence-electron chi connectivity index (χ2n) is 6.18. The van der Waals surface area contributed by atoms with Crippen molar-refractivity contribution >= 4 is 5.91 Å². The number of fused-ring (bicyclic) bond motifs is 5. The molecule has 2 aromatic carbocycles. The molecule has 0 bridgehead atoms. The van der Waals surface area contributed by atoms with Gasteiger partial charge in [-0.2, -0.15) is 0 Å². The fourth-order valence-electron chi connectivity index (χ4n) is 4.24. The number of nitrogens with zero attached hydrogens (tertiary/aromatic N) is 1.